The number of likely N-dealkylation sites (N-methyl/N-ethyl adjacent to an activating group) is 1. The number of aromatic hydroxyl groups is 2. The van der Waals surface area contributed by atoms with Crippen LogP contribution in [0.15, 0.2) is 30.3 Å². The number of anilines is 1. The summed E-state index contributed by atoms with van der Waals surface area (Å²) in [6, 6.07) is 8.54. The van der Waals surface area contributed by atoms with Crippen LogP contribution in [0, 0.1) is 0 Å². The molecule has 2 aliphatic rings. The molecule has 4 N–H and O–H groups in total. The number of phenolic OH excluding ortho intramolecular Hbond substituents is 2. The Balaban J connectivity index is 1.91. The molecule has 0 saturated carbocycles. The van der Waals surface area contributed by atoms with E-state index in [2.05, 4.69) is 34.9 Å². The van der Waals surface area contributed by atoms with Gasteiger partial charge in [-0.15, -0.1) is 5.48 Å². The van der Waals surface area contributed by atoms with Crippen molar-refractivity contribution in [2.45, 2.75) is 45.6 Å². The number of carbonyl (C=O) groups is 1. The van der Waals surface area contributed by atoms with Crippen molar-refractivity contribution in [2.75, 3.05) is 25.0 Å². The Hall–Kier alpha value is -3.19. The zero-order chi connectivity index (χ0) is 23.0. The fourth-order valence-corrected chi connectivity index (χ4v) is 4.49. The monoisotopic (exact) mass is 437 g/mol. The highest BCUT2D eigenvalue weighted by Crippen LogP contribution is 2.42. The fourth-order valence-electron chi connectivity index (χ4n) is 4.49. The number of nitrogens with zero attached hydrogens (tertiary/aromatic N) is 1. The minimum absolute atomic E-state index is 0.0324. The first-order chi connectivity index (χ1) is 15.3. The summed E-state index contributed by atoms with van der Waals surface area (Å²) in [7, 11) is 2.07. The van der Waals surface area contributed by atoms with Gasteiger partial charge in [0.05, 0.1) is 5.56 Å². The smallest absolute Gasteiger partial charge is 0.245 e. The maximum Gasteiger partial charge on any atom is 0.245 e. The molecule has 2 aromatic carbocycles. The highest BCUT2D eigenvalue weighted by atomic mass is 16.7. The highest BCUT2D eigenvalue weighted by molar-refractivity contribution is 6.05. The molecule has 7 nitrogen and oxygen atoms in total. The second kappa shape index (κ2) is 8.74. The largest absolute Gasteiger partial charge is 0.508 e. The Bertz CT molecular complexity index is 1080. The van der Waals surface area contributed by atoms with Crippen molar-refractivity contribution in [3.63, 3.8) is 0 Å². The van der Waals surface area contributed by atoms with Crippen LogP contribution in [-0.4, -0.2) is 42.3 Å². The number of fused-ring (bicyclic) bond motifs is 1. The number of phenols is 2. The van der Waals surface area contributed by atoms with Gasteiger partial charge in [0.25, 0.3) is 0 Å². The molecule has 2 aromatic rings. The molecule has 0 spiro atoms. The van der Waals surface area contributed by atoms with E-state index in [4.69, 9.17) is 4.84 Å². The predicted molar refractivity (Wildman–Crippen MR) is 125 cm³/mol. The van der Waals surface area contributed by atoms with Gasteiger partial charge in [-0.3, -0.25) is 4.79 Å². The number of benzene rings is 2. The van der Waals surface area contributed by atoms with E-state index in [0.717, 1.165) is 30.6 Å². The van der Waals surface area contributed by atoms with E-state index in [9.17, 15) is 15.0 Å². The van der Waals surface area contributed by atoms with Crippen molar-refractivity contribution in [1.82, 2.24) is 10.8 Å². The molecule has 0 aromatic heterocycles. The van der Waals surface area contributed by atoms with E-state index in [1.165, 1.54) is 11.6 Å². The van der Waals surface area contributed by atoms with E-state index < -0.39 is 6.04 Å². The molecular weight excluding hydrogens is 406 g/mol. The van der Waals surface area contributed by atoms with E-state index in [-0.39, 0.29) is 23.3 Å². The number of hydroxylamine groups is 1. The minimum atomic E-state index is -0.729. The molecule has 0 saturated heterocycles. The summed E-state index contributed by atoms with van der Waals surface area (Å²) in [5.74, 6) is 0.159. The second-order valence-electron chi connectivity index (χ2n) is 8.74. The number of aryl methyl sites for hydroxylation is 1. The van der Waals surface area contributed by atoms with Crippen LogP contribution < -0.4 is 15.7 Å². The SMILES string of the molecule is CCNC(=O)C1NOC(c2cc(C(C)C)c(O)cc2O)=C1c1ccc2c(c1)N(C)CCC2. The number of hydrogen-bond donors (Lipinski definition) is 4. The van der Waals surface area contributed by atoms with Gasteiger partial charge in [0.1, 0.15) is 11.5 Å². The molecular formula is C25H31N3O4. The zero-order valence-corrected chi connectivity index (χ0v) is 19.0. The third-order valence-electron chi connectivity index (χ3n) is 6.18. The van der Waals surface area contributed by atoms with E-state index >= 15 is 0 Å². The van der Waals surface area contributed by atoms with E-state index in [1.54, 1.807) is 6.07 Å². The summed E-state index contributed by atoms with van der Waals surface area (Å²) in [5.41, 5.74) is 7.91. The molecule has 7 heteroatoms. The molecule has 2 aliphatic heterocycles. The van der Waals surface area contributed by atoms with Gasteiger partial charge in [-0.25, -0.2) is 0 Å². The number of amides is 1. The van der Waals surface area contributed by atoms with Crippen LogP contribution in [0.3, 0.4) is 0 Å². The van der Waals surface area contributed by atoms with E-state index in [1.807, 2.05) is 26.8 Å². The Morgan fingerprint density at radius 1 is 1.25 bits per heavy atom. The lowest BCUT2D eigenvalue weighted by molar-refractivity contribution is -0.123. The van der Waals surface area contributed by atoms with Crippen molar-refractivity contribution in [3.8, 4) is 11.5 Å². The molecule has 2 heterocycles. The summed E-state index contributed by atoms with van der Waals surface area (Å²) in [6.45, 7) is 7.28. The Labute approximate surface area is 188 Å². The average molecular weight is 438 g/mol. The van der Waals surface area contributed by atoms with Crippen LogP contribution in [0.4, 0.5) is 5.69 Å². The summed E-state index contributed by atoms with van der Waals surface area (Å²) < 4.78 is 0. The molecule has 4 rings (SSSR count). The number of nitrogens with one attached hydrogen (secondary N) is 2. The Kier molecular flexibility index (Phi) is 6.02. The quantitative estimate of drug-likeness (QED) is 0.572. The number of rotatable bonds is 5. The summed E-state index contributed by atoms with van der Waals surface area (Å²) in [6.07, 6.45) is 2.14. The Morgan fingerprint density at radius 3 is 2.75 bits per heavy atom. The molecule has 1 unspecified atom stereocenters. The van der Waals surface area contributed by atoms with E-state index in [0.29, 0.717) is 29.0 Å². The van der Waals surface area contributed by atoms with Gasteiger partial charge in [-0.05, 0) is 54.5 Å². The topological polar surface area (TPSA) is 94.1 Å². The third-order valence-corrected chi connectivity index (χ3v) is 6.18. The average Bonchev–Trinajstić information content (AvgIpc) is 3.19. The lowest BCUT2D eigenvalue weighted by Crippen LogP contribution is -2.41. The molecule has 1 atom stereocenters. The fraction of sp³-hybridized carbons (Fsp3) is 0.400. The molecule has 1 amide bonds. The standard InChI is InChI=1S/C25H31N3O4/c1-5-26-25(31)23-22(16-9-8-15-7-6-10-28(4)19(15)11-16)24(32-27-23)18-12-17(14(2)3)20(29)13-21(18)30/h8-9,11-14,23,27,29-30H,5-7,10H2,1-4H3,(H,26,31). The van der Waals surface area contributed by atoms with Crippen molar-refractivity contribution in [3.05, 3.63) is 52.6 Å². The van der Waals surface area contributed by atoms with Crippen LogP contribution in [0.25, 0.3) is 11.3 Å². The van der Waals surface area contributed by atoms with Crippen LogP contribution in [0.5, 0.6) is 11.5 Å². The van der Waals surface area contributed by atoms with Gasteiger partial charge < -0.3 is 25.3 Å². The van der Waals surface area contributed by atoms with Crippen LogP contribution in [-0.2, 0) is 16.1 Å². The van der Waals surface area contributed by atoms with Gasteiger partial charge in [0, 0.05) is 37.5 Å². The van der Waals surface area contributed by atoms with Crippen molar-refractivity contribution < 1.29 is 19.8 Å². The van der Waals surface area contributed by atoms with Crippen LogP contribution in [0.2, 0.25) is 0 Å². The summed E-state index contributed by atoms with van der Waals surface area (Å²) in [5, 5.41) is 23.8. The van der Waals surface area contributed by atoms with Gasteiger partial charge in [0.15, 0.2) is 11.8 Å². The molecule has 170 valence electrons. The minimum Gasteiger partial charge on any atom is -0.508 e. The lowest BCUT2D eigenvalue weighted by Gasteiger charge is -2.28. The first-order valence-electron chi connectivity index (χ1n) is 11.2. The maximum atomic E-state index is 12.9. The van der Waals surface area contributed by atoms with Gasteiger partial charge in [-0.1, -0.05) is 26.0 Å². The highest BCUT2D eigenvalue weighted by Gasteiger charge is 2.36. The molecule has 0 radical (unpaired) electrons. The number of hydrogen-bond acceptors (Lipinski definition) is 6. The van der Waals surface area contributed by atoms with Gasteiger partial charge >= 0.3 is 0 Å². The van der Waals surface area contributed by atoms with Crippen molar-refractivity contribution >= 4 is 22.9 Å². The predicted octanol–water partition coefficient (Wildman–Crippen LogP) is 3.51. The zero-order valence-electron chi connectivity index (χ0n) is 19.0. The lowest BCUT2D eigenvalue weighted by atomic mass is 9.90. The van der Waals surface area contributed by atoms with Crippen molar-refractivity contribution in [2.24, 2.45) is 0 Å². The molecule has 0 aliphatic carbocycles. The first kappa shape index (κ1) is 22.0. The van der Waals surface area contributed by atoms with Gasteiger partial charge in [0.2, 0.25) is 5.91 Å². The first-order valence-corrected chi connectivity index (χ1v) is 11.2. The van der Waals surface area contributed by atoms with Crippen LogP contribution >= 0.6 is 0 Å². The Morgan fingerprint density at radius 2 is 2.03 bits per heavy atom. The third kappa shape index (κ3) is 3.88. The maximum absolute atomic E-state index is 12.9. The normalized spacial score (nSPS) is 18.0. The van der Waals surface area contributed by atoms with Crippen molar-refractivity contribution in [1.29, 1.82) is 0 Å². The van der Waals surface area contributed by atoms with Crippen LogP contribution in [0.1, 0.15) is 55.4 Å². The number of carbonyl (C=O) groups excluding carboxylic acids is 1. The molecule has 0 bridgehead atoms. The summed E-state index contributed by atoms with van der Waals surface area (Å²) in [4.78, 5) is 20.9. The molecule has 0 fully saturated rings. The summed E-state index contributed by atoms with van der Waals surface area (Å²) >= 11 is 0. The van der Waals surface area contributed by atoms with Gasteiger partial charge in [-0.2, -0.15) is 0 Å². The second-order valence-corrected chi connectivity index (χ2v) is 8.74. The molecule has 32 heavy (non-hydrogen) atoms.